The predicted octanol–water partition coefficient (Wildman–Crippen LogP) is 5.19. The number of hydrogen-bond donors (Lipinski definition) is 1. The van der Waals surface area contributed by atoms with Gasteiger partial charge in [0.25, 0.3) is 0 Å². The molecule has 0 bridgehead atoms. The lowest BCUT2D eigenvalue weighted by Gasteiger charge is -2.23. The summed E-state index contributed by atoms with van der Waals surface area (Å²) in [7, 11) is 0. The summed E-state index contributed by atoms with van der Waals surface area (Å²) in [6.45, 7) is 2.06. The van der Waals surface area contributed by atoms with Crippen molar-refractivity contribution < 1.29 is 4.39 Å². The van der Waals surface area contributed by atoms with E-state index in [1.54, 1.807) is 23.9 Å². The number of hydrogen-bond acceptors (Lipinski definition) is 2. The van der Waals surface area contributed by atoms with E-state index in [9.17, 15) is 4.39 Å². The second-order valence-electron chi connectivity index (χ2n) is 4.99. The van der Waals surface area contributed by atoms with Crippen LogP contribution >= 0.6 is 23.4 Å². The van der Waals surface area contributed by atoms with Crippen molar-refractivity contribution in [2.75, 3.05) is 0 Å². The molecule has 21 heavy (non-hydrogen) atoms. The minimum absolute atomic E-state index is 0.00380. The molecule has 0 aromatic heterocycles. The van der Waals surface area contributed by atoms with E-state index < -0.39 is 0 Å². The average Bonchev–Trinajstić information content (AvgIpc) is 2.49. The quantitative estimate of drug-likeness (QED) is 0.791. The smallest absolute Gasteiger partial charge is 0.123 e. The van der Waals surface area contributed by atoms with Gasteiger partial charge in [-0.25, -0.2) is 4.39 Å². The van der Waals surface area contributed by atoms with E-state index in [1.807, 2.05) is 30.3 Å². The molecule has 112 valence electrons. The van der Waals surface area contributed by atoms with Crippen LogP contribution in [0.1, 0.15) is 29.7 Å². The molecule has 0 aliphatic carbocycles. The number of rotatable bonds is 6. The van der Waals surface area contributed by atoms with Gasteiger partial charge in [0, 0.05) is 22.1 Å². The van der Waals surface area contributed by atoms with E-state index in [-0.39, 0.29) is 17.1 Å². The molecule has 0 spiro atoms. The molecule has 0 aliphatic rings. The lowest BCUT2D eigenvalue weighted by Crippen LogP contribution is -2.25. The highest BCUT2D eigenvalue weighted by Gasteiger charge is 2.19. The van der Waals surface area contributed by atoms with Gasteiger partial charge in [0.1, 0.15) is 5.82 Å². The topological polar surface area (TPSA) is 26.0 Å². The lowest BCUT2D eigenvalue weighted by molar-refractivity contribution is 0.610. The first-order chi connectivity index (χ1) is 10.1. The maximum absolute atomic E-state index is 13.4. The van der Waals surface area contributed by atoms with Crippen molar-refractivity contribution in [2.24, 2.45) is 5.73 Å². The predicted molar refractivity (Wildman–Crippen MR) is 90.2 cm³/mol. The maximum atomic E-state index is 13.4. The SMILES string of the molecule is CCC(N)C(SCc1ccc(Cl)cc1)c1cccc(F)c1. The molecule has 2 N–H and O–H groups in total. The Kier molecular flexibility index (Phi) is 6.09. The average molecular weight is 324 g/mol. The molecule has 0 radical (unpaired) electrons. The molecule has 2 rings (SSSR count). The van der Waals surface area contributed by atoms with Crippen molar-refractivity contribution in [3.8, 4) is 0 Å². The van der Waals surface area contributed by atoms with E-state index in [1.165, 1.54) is 11.6 Å². The Bertz CT molecular complexity index is 573. The molecule has 0 amide bonds. The molecule has 1 nitrogen and oxygen atoms in total. The number of thioether (sulfide) groups is 1. The summed E-state index contributed by atoms with van der Waals surface area (Å²) in [4.78, 5) is 0. The Morgan fingerprint density at radius 1 is 1.19 bits per heavy atom. The number of benzene rings is 2. The van der Waals surface area contributed by atoms with Gasteiger partial charge in [0.2, 0.25) is 0 Å². The van der Waals surface area contributed by atoms with Crippen LogP contribution in [0.4, 0.5) is 4.39 Å². The van der Waals surface area contributed by atoms with Crippen LogP contribution in [0.2, 0.25) is 5.02 Å². The summed E-state index contributed by atoms with van der Waals surface area (Å²) in [5, 5.41) is 0.817. The van der Waals surface area contributed by atoms with Gasteiger partial charge in [-0.3, -0.25) is 0 Å². The van der Waals surface area contributed by atoms with E-state index >= 15 is 0 Å². The van der Waals surface area contributed by atoms with E-state index in [0.29, 0.717) is 0 Å². The van der Waals surface area contributed by atoms with Crippen LogP contribution in [0.25, 0.3) is 0 Å². The molecule has 2 aromatic rings. The first-order valence-electron chi connectivity index (χ1n) is 6.97. The van der Waals surface area contributed by atoms with Crippen molar-refractivity contribution in [1.82, 2.24) is 0 Å². The summed E-state index contributed by atoms with van der Waals surface area (Å²) < 4.78 is 13.4. The van der Waals surface area contributed by atoms with Crippen molar-refractivity contribution in [2.45, 2.75) is 30.4 Å². The second kappa shape index (κ2) is 7.83. The summed E-state index contributed by atoms with van der Waals surface area (Å²) in [5.74, 6) is 0.611. The first-order valence-corrected chi connectivity index (χ1v) is 8.40. The Balaban J connectivity index is 2.11. The Labute approximate surface area is 134 Å². The Morgan fingerprint density at radius 2 is 1.90 bits per heavy atom. The van der Waals surface area contributed by atoms with Gasteiger partial charge in [-0.05, 0) is 41.8 Å². The van der Waals surface area contributed by atoms with Crippen LogP contribution in [0, 0.1) is 5.82 Å². The summed E-state index contributed by atoms with van der Waals surface area (Å²) in [6.07, 6.45) is 0.856. The van der Waals surface area contributed by atoms with Crippen molar-refractivity contribution >= 4 is 23.4 Å². The minimum atomic E-state index is -0.215. The van der Waals surface area contributed by atoms with Gasteiger partial charge in [-0.2, -0.15) is 0 Å². The van der Waals surface area contributed by atoms with Gasteiger partial charge in [-0.15, -0.1) is 11.8 Å². The van der Waals surface area contributed by atoms with Crippen molar-refractivity contribution in [1.29, 1.82) is 0 Å². The Morgan fingerprint density at radius 3 is 2.52 bits per heavy atom. The number of halogens is 2. The molecule has 2 aromatic carbocycles. The van der Waals surface area contributed by atoms with Crippen LogP contribution in [-0.4, -0.2) is 6.04 Å². The van der Waals surface area contributed by atoms with E-state index in [4.69, 9.17) is 17.3 Å². The van der Waals surface area contributed by atoms with Gasteiger partial charge < -0.3 is 5.73 Å². The molecule has 0 heterocycles. The molecule has 2 unspecified atom stereocenters. The monoisotopic (exact) mass is 323 g/mol. The van der Waals surface area contributed by atoms with Crippen LogP contribution in [0.3, 0.4) is 0 Å². The maximum Gasteiger partial charge on any atom is 0.123 e. The van der Waals surface area contributed by atoms with Gasteiger partial charge in [0.15, 0.2) is 0 Å². The lowest BCUT2D eigenvalue weighted by atomic mass is 10.0. The van der Waals surface area contributed by atoms with Gasteiger partial charge in [-0.1, -0.05) is 42.8 Å². The van der Waals surface area contributed by atoms with Gasteiger partial charge >= 0.3 is 0 Å². The normalized spacial score (nSPS) is 13.9. The standard InChI is InChI=1S/C17H19ClFNS/c1-2-16(20)17(13-4-3-5-15(19)10-13)21-11-12-6-8-14(18)9-7-12/h3-10,16-17H,2,11,20H2,1H3. The third-order valence-corrected chi connectivity index (χ3v) is 5.11. The van der Waals surface area contributed by atoms with Crippen LogP contribution in [-0.2, 0) is 5.75 Å². The Hall–Kier alpha value is -1.03. The zero-order valence-electron chi connectivity index (χ0n) is 11.9. The molecule has 4 heteroatoms. The zero-order valence-corrected chi connectivity index (χ0v) is 13.5. The highest BCUT2D eigenvalue weighted by molar-refractivity contribution is 7.98. The minimum Gasteiger partial charge on any atom is -0.326 e. The fourth-order valence-electron chi connectivity index (χ4n) is 2.13. The molecule has 0 saturated carbocycles. The highest BCUT2D eigenvalue weighted by atomic mass is 35.5. The van der Waals surface area contributed by atoms with Gasteiger partial charge in [0.05, 0.1) is 0 Å². The summed E-state index contributed by atoms with van der Waals surface area (Å²) >= 11 is 7.63. The van der Waals surface area contributed by atoms with E-state index in [2.05, 4.69) is 6.92 Å². The summed E-state index contributed by atoms with van der Waals surface area (Å²) in [6, 6.07) is 14.5. The molecule has 2 atom stereocenters. The van der Waals surface area contributed by atoms with Crippen LogP contribution in [0.5, 0.6) is 0 Å². The molecule has 0 saturated heterocycles. The largest absolute Gasteiger partial charge is 0.326 e. The molecular formula is C17H19ClFNS. The zero-order chi connectivity index (χ0) is 15.2. The van der Waals surface area contributed by atoms with E-state index in [0.717, 1.165) is 22.8 Å². The van der Waals surface area contributed by atoms with Crippen molar-refractivity contribution in [3.63, 3.8) is 0 Å². The molecule has 0 fully saturated rings. The first kappa shape index (κ1) is 16.3. The fourth-order valence-corrected chi connectivity index (χ4v) is 3.60. The van der Waals surface area contributed by atoms with Crippen LogP contribution in [0.15, 0.2) is 48.5 Å². The molecule has 0 aliphatic heterocycles. The second-order valence-corrected chi connectivity index (χ2v) is 6.55. The molecular weight excluding hydrogens is 305 g/mol. The highest BCUT2D eigenvalue weighted by Crippen LogP contribution is 2.35. The third kappa shape index (κ3) is 4.73. The fraction of sp³-hybridized carbons (Fsp3) is 0.294. The third-order valence-electron chi connectivity index (χ3n) is 3.38. The summed E-state index contributed by atoms with van der Waals surface area (Å²) in [5.41, 5.74) is 8.36. The van der Waals surface area contributed by atoms with Crippen molar-refractivity contribution in [3.05, 3.63) is 70.5 Å². The number of nitrogens with two attached hydrogens (primary N) is 1. The van der Waals surface area contributed by atoms with Crippen LogP contribution < -0.4 is 5.73 Å².